The summed E-state index contributed by atoms with van der Waals surface area (Å²) in [4.78, 5) is 5.67. The summed E-state index contributed by atoms with van der Waals surface area (Å²) in [5, 5.41) is 16.1. The maximum atomic E-state index is 6.24. The second-order valence-corrected chi connectivity index (χ2v) is 5.32. The van der Waals surface area contributed by atoms with Crippen LogP contribution in [-0.2, 0) is 0 Å². The Bertz CT molecular complexity index is 757. The van der Waals surface area contributed by atoms with Crippen molar-refractivity contribution in [2.24, 2.45) is 0 Å². The van der Waals surface area contributed by atoms with Crippen molar-refractivity contribution in [1.29, 1.82) is 0 Å². The van der Waals surface area contributed by atoms with Crippen molar-refractivity contribution in [2.45, 2.75) is 20.8 Å². The van der Waals surface area contributed by atoms with Gasteiger partial charge >= 0.3 is 0 Å². The number of hydrogen-bond acceptors (Lipinski definition) is 4. The second kappa shape index (κ2) is 5.37. The lowest BCUT2D eigenvalue weighted by Crippen LogP contribution is -2.22. The van der Waals surface area contributed by atoms with E-state index in [9.17, 15) is 0 Å². The number of benzene rings is 1. The fraction of sp³-hybridized carbons (Fsp3) is 0.357. The molecule has 7 heteroatoms. The van der Waals surface area contributed by atoms with Crippen LogP contribution in [0.2, 0.25) is 5.02 Å². The summed E-state index contributed by atoms with van der Waals surface area (Å²) in [6.07, 6.45) is 0. The highest BCUT2D eigenvalue weighted by Gasteiger charge is 2.20. The van der Waals surface area contributed by atoms with E-state index in [1.54, 1.807) is 0 Å². The summed E-state index contributed by atoms with van der Waals surface area (Å²) < 4.78 is 0. The summed E-state index contributed by atoms with van der Waals surface area (Å²) in [5.41, 5.74) is 4.03. The standard InChI is InChI=1S/C14H17ClN6/c1-4-21(5-2)13-9-6-8(3)10(15)7-11(9)16-12(13)14-17-19-20-18-14/h6-7,16H,4-5H2,1-3H3,(H,17,18,19,20). The van der Waals surface area contributed by atoms with Gasteiger partial charge in [0, 0.05) is 29.0 Å². The number of rotatable bonds is 4. The van der Waals surface area contributed by atoms with Crippen LogP contribution in [-0.4, -0.2) is 38.7 Å². The molecule has 0 fully saturated rings. The number of aryl methyl sites for hydroxylation is 1. The van der Waals surface area contributed by atoms with Gasteiger partial charge in [-0.05, 0) is 48.9 Å². The van der Waals surface area contributed by atoms with E-state index < -0.39 is 0 Å². The van der Waals surface area contributed by atoms with E-state index in [1.165, 1.54) is 0 Å². The number of halogens is 1. The molecular weight excluding hydrogens is 288 g/mol. The van der Waals surface area contributed by atoms with Gasteiger partial charge in [-0.1, -0.05) is 11.6 Å². The lowest BCUT2D eigenvalue weighted by atomic mass is 10.1. The van der Waals surface area contributed by atoms with Crippen molar-refractivity contribution in [3.05, 3.63) is 22.7 Å². The highest BCUT2D eigenvalue weighted by atomic mass is 35.5. The molecule has 0 unspecified atom stereocenters. The molecule has 2 N–H and O–H groups in total. The monoisotopic (exact) mass is 304 g/mol. The maximum absolute atomic E-state index is 6.24. The highest BCUT2D eigenvalue weighted by Crippen LogP contribution is 2.38. The van der Waals surface area contributed by atoms with E-state index in [2.05, 4.69) is 50.4 Å². The minimum atomic E-state index is 0.627. The van der Waals surface area contributed by atoms with Gasteiger partial charge in [-0.15, -0.1) is 5.10 Å². The largest absolute Gasteiger partial charge is 0.370 e. The smallest absolute Gasteiger partial charge is 0.198 e. The number of fused-ring (bicyclic) bond motifs is 1. The van der Waals surface area contributed by atoms with Crippen LogP contribution < -0.4 is 4.90 Å². The SMILES string of the molecule is CCN(CC)c1c(-c2nnn[nH]2)[nH]c2cc(Cl)c(C)cc12. The zero-order valence-electron chi connectivity index (χ0n) is 12.2. The van der Waals surface area contributed by atoms with Gasteiger partial charge in [0.2, 0.25) is 0 Å². The van der Waals surface area contributed by atoms with Crippen molar-refractivity contribution in [1.82, 2.24) is 25.6 Å². The lowest BCUT2D eigenvalue weighted by molar-refractivity contribution is 0.870. The van der Waals surface area contributed by atoms with E-state index in [4.69, 9.17) is 11.6 Å². The van der Waals surface area contributed by atoms with Gasteiger partial charge in [-0.25, -0.2) is 5.10 Å². The number of anilines is 1. The molecule has 3 aromatic rings. The number of nitrogens with zero attached hydrogens (tertiary/aromatic N) is 4. The van der Waals surface area contributed by atoms with Gasteiger partial charge in [0.1, 0.15) is 5.69 Å². The van der Waals surface area contributed by atoms with Gasteiger partial charge in [0.25, 0.3) is 0 Å². The quantitative estimate of drug-likeness (QED) is 0.776. The van der Waals surface area contributed by atoms with Gasteiger partial charge in [-0.2, -0.15) is 0 Å². The van der Waals surface area contributed by atoms with Crippen molar-refractivity contribution >= 4 is 28.2 Å². The molecule has 2 heterocycles. The summed E-state index contributed by atoms with van der Waals surface area (Å²) >= 11 is 6.24. The number of H-pyrrole nitrogens is 2. The average molecular weight is 305 g/mol. The zero-order valence-corrected chi connectivity index (χ0v) is 13.0. The van der Waals surface area contributed by atoms with Gasteiger partial charge < -0.3 is 9.88 Å². The first-order valence-electron chi connectivity index (χ1n) is 6.96. The Hall–Kier alpha value is -2.08. The Morgan fingerprint density at radius 1 is 1.24 bits per heavy atom. The van der Waals surface area contributed by atoms with Crippen molar-refractivity contribution in [3.8, 4) is 11.5 Å². The Morgan fingerprint density at radius 3 is 2.62 bits per heavy atom. The molecule has 0 radical (unpaired) electrons. The molecule has 0 atom stereocenters. The molecule has 110 valence electrons. The molecule has 0 aliphatic heterocycles. The summed E-state index contributed by atoms with van der Waals surface area (Å²) in [6.45, 7) is 8.08. The Kier molecular flexibility index (Phi) is 3.55. The number of aromatic amines is 2. The number of nitrogens with one attached hydrogen (secondary N) is 2. The summed E-state index contributed by atoms with van der Waals surface area (Å²) in [7, 11) is 0. The molecule has 21 heavy (non-hydrogen) atoms. The van der Waals surface area contributed by atoms with E-state index in [-0.39, 0.29) is 0 Å². The molecule has 0 saturated carbocycles. The average Bonchev–Trinajstić information content (AvgIpc) is 3.10. The molecule has 0 aliphatic rings. The normalized spacial score (nSPS) is 11.2. The third-order valence-corrected chi connectivity index (χ3v) is 4.12. The van der Waals surface area contributed by atoms with E-state index in [1.807, 2.05) is 13.0 Å². The molecule has 0 aliphatic carbocycles. The molecule has 1 aromatic carbocycles. The predicted molar refractivity (Wildman–Crippen MR) is 84.8 cm³/mol. The Labute approximate surface area is 127 Å². The van der Waals surface area contributed by atoms with Crippen LogP contribution in [0.1, 0.15) is 19.4 Å². The molecule has 0 spiro atoms. The van der Waals surface area contributed by atoms with Crippen molar-refractivity contribution in [3.63, 3.8) is 0 Å². The van der Waals surface area contributed by atoms with E-state index in [0.29, 0.717) is 5.82 Å². The minimum Gasteiger partial charge on any atom is -0.370 e. The van der Waals surface area contributed by atoms with Crippen LogP contribution in [0.5, 0.6) is 0 Å². The van der Waals surface area contributed by atoms with Crippen LogP contribution in [0.3, 0.4) is 0 Å². The van der Waals surface area contributed by atoms with Gasteiger partial charge in [-0.3, -0.25) is 0 Å². The molecule has 0 amide bonds. The third kappa shape index (κ3) is 2.25. The fourth-order valence-corrected chi connectivity index (χ4v) is 2.78. The molecule has 2 aromatic heterocycles. The van der Waals surface area contributed by atoms with E-state index in [0.717, 1.165) is 46.0 Å². The Morgan fingerprint density at radius 2 is 2.00 bits per heavy atom. The number of tetrazole rings is 1. The molecule has 3 rings (SSSR count). The first-order valence-corrected chi connectivity index (χ1v) is 7.34. The summed E-state index contributed by atoms with van der Waals surface area (Å²) in [6, 6.07) is 4.06. The highest BCUT2D eigenvalue weighted by molar-refractivity contribution is 6.32. The third-order valence-electron chi connectivity index (χ3n) is 3.71. The predicted octanol–water partition coefficient (Wildman–Crippen LogP) is 3.16. The first-order chi connectivity index (χ1) is 10.2. The van der Waals surface area contributed by atoms with Crippen molar-refractivity contribution in [2.75, 3.05) is 18.0 Å². The maximum Gasteiger partial charge on any atom is 0.198 e. The topological polar surface area (TPSA) is 73.5 Å². The van der Waals surface area contributed by atoms with Crippen LogP contribution in [0, 0.1) is 6.92 Å². The second-order valence-electron chi connectivity index (χ2n) is 4.92. The molecular formula is C14H17ClN6. The number of hydrogen-bond donors (Lipinski definition) is 2. The van der Waals surface area contributed by atoms with Crippen LogP contribution >= 0.6 is 11.6 Å². The van der Waals surface area contributed by atoms with Crippen LogP contribution in [0.15, 0.2) is 12.1 Å². The van der Waals surface area contributed by atoms with Crippen LogP contribution in [0.4, 0.5) is 5.69 Å². The summed E-state index contributed by atoms with van der Waals surface area (Å²) in [5.74, 6) is 0.627. The van der Waals surface area contributed by atoms with E-state index >= 15 is 0 Å². The fourth-order valence-electron chi connectivity index (χ4n) is 2.61. The zero-order chi connectivity index (χ0) is 15.0. The first kappa shape index (κ1) is 13.9. The Balaban J connectivity index is 2.33. The molecule has 0 bridgehead atoms. The molecule has 0 saturated heterocycles. The van der Waals surface area contributed by atoms with Crippen molar-refractivity contribution < 1.29 is 0 Å². The lowest BCUT2D eigenvalue weighted by Gasteiger charge is -2.21. The minimum absolute atomic E-state index is 0.627. The molecule has 6 nitrogen and oxygen atoms in total. The number of aromatic nitrogens is 5. The van der Waals surface area contributed by atoms with Crippen LogP contribution in [0.25, 0.3) is 22.4 Å². The van der Waals surface area contributed by atoms with Gasteiger partial charge in [0.05, 0.1) is 5.69 Å². The van der Waals surface area contributed by atoms with Gasteiger partial charge in [0.15, 0.2) is 5.82 Å².